The second kappa shape index (κ2) is 9.27. The summed E-state index contributed by atoms with van der Waals surface area (Å²) < 4.78 is 32.0. The Morgan fingerprint density at radius 2 is 1.77 bits per heavy atom. The Morgan fingerprint density at radius 3 is 2.37 bits per heavy atom. The van der Waals surface area contributed by atoms with Gasteiger partial charge in [0.05, 0.1) is 12.3 Å². The van der Waals surface area contributed by atoms with Crippen molar-refractivity contribution in [3.63, 3.8) is 0 Å². The SMILES string of the molecule is CC(C)NS(=O)(=O)Cc1ccccc1CNC(=O)c1ccc(N2CCOC2=O)cc1. The minimum absolute atomic E-state index is 0.155. The van der Waals surface area contributed by atoms with Crippen LogP contribution < -0.4 is 14.9 Å². The summed E-state index contributed by atoms with van der Waals surface area (Å²) in [6.07, 6.45) is -0.397. The number of hydrogen-bond donors (Lipinski definition) is 2. The molecule has 2 N–H and O–H groups in total. The van der Waals surface area contributed by atoms with E-state index in [2.05, 4.69) is 10.0 Å². The molecule has 9 heteroatoms. The zero-order valence-corrected chi connectivity index (χ0v) is 17.7. The molecule has 30 heavy (non-hydrogen) atoms. The Bertz CT molecular complexity index is 1020. The maximum absolute atomic E-state index is 12.5. The Hall–Kier alpha value is -2.91. The van der Waals surface area contributed by atoms with Gasteiger partial charge < -0.3 is 10.1 Å². The van der Waals surface area contributed by atoms with Crippen LogP contribution in [0.3, 0.4) is 0 Å². The van der Waals surface area contributed by atoms with Gasteiger partial charge in [0.1, 0.15) is 6.61 Å². The number of nitrogens with zero attached hydrogens (tertiary/aromatic N) is 1. The largest absolute Gasteiger partial charge is 0.447 e. The van der Waals surface area contributed by atoms with E-state index >= 15 is 0 Å². The molecule has 1 fully saturated rings. The predicted octanol–water partition coefficient (Wildman–Crippen LogP) is 2.40. The van der Waals surface area contributed by atoms with Crippen LogP contribution >= 0.6 is 0 Å². The quantitative estimate of drug-likeness (QED) is 0.668. The van der Waals surface area contributed by atoms with Crippen molar-refractivity contribution in [1.29, 1.82) is 0 Å². The van der Waals surface area contributed by atoms with Gasteiger partial charge in [-0.15, -0.1) is 0 Å². The summed E-state index contributed by atoms with van der Waals surface area (Å²) in [5.41, 5.74) is 2.48. The topological polar surface area (TPSA) is 105 Å². The Labute approximate surface area is 176 Å². The van der Waals surface area contributed by atoms with Crippen LogP contribution in [0.1, 0.15) is 35.3 Å². The normalized spacial score (nSPS) is 14.1. The summed E-state index contributed by atoms with van der Waals surface area (Å²) in [5.74, 6) is -0.443. The molecule has 0 saturated carbocycles. The van der Waals surface area contributed by atoms with Crippen LogP contribution in [0.5, 0.6) is 0 Å². The zero-order chi connectivity index (χ0) is 21.7. The maximum Gasteiger partial charge on any atom is 0.414 e. The summed E-state index contributed by atoms with van der Waals surface area (Å²) in [6, 6.07) is 13.6. The number of ether oxygens (including phenoxy) is 1. The van der Waals surface area contributed by atoms with Crippen molar-refractivity contribution >= 4 is 27.7 Å². The second-order valence-corrected chi connectivity index (χ2v) is 9.05. The average Bonchev–Trinajstić information content (AvgIpc) is 3.12. The number of hydrogen-bond acceptors (Lipinski definition) is 5. The molecule has 3 rings (SSSR count). The van der Waals surface area contributed by atoms with Gasteiger partial charge in [-0.1, -0.05) is 24.3 Å². The number of sulfonamides is 1. The number of cyclic esters (lactones) is 1. The predicted molar refractivity (Wildman–Crippen MR) is 114 cm³/mol. The lowest BCUT2D eigenvalue weighted by Crippen LogP contribution is -2.32. The first-order valence-electron chi connectivity index (χ1n) is 9.64. The van der Waals surface area contributed by atoms with Crippen LogP contribution in [0.15, 0.2) is 48.5 Å². The lowest BCUT2D eigenvalue weighted by molar-refractivity contribution is 0.0951. The molecule has 0 atom stereocenters. The number of amides is 2. The highest BCUT2D eigenvalue weighted by molar-refractivity contribution is 7.88. The highest BCUT2D eigenvalue weighted by Gasteiger charge is 2.23. The molecular weight excluding hydrogens is 406 g/mol. The Balaban J connectivity index is 1.64. The van der Waals surface area contributed by atoms with Gasteiger partial charge in [0.15, 0.2) is 0 Å². The summed E-state index contributed by atoms with van der Waals surface area (Å²) in [5, 5.41) is 2.82. The molecule has 1 saturated heterocycles. The molecule has 1 aliphatic heterocycles. The van der Waals surface area contributed by atoms with Crippen molar-refractivity contribution in [3.8, 4) is 0 Å². The van der Waals surface area contributed by atoms with Gasteiger partial charge >= 0.3 is 6.09 Å². The van der Waals surface area contributed by atoms with E-state index in [1.54, 1.807) is 62.4 Å². The smallest absolute Gasteiger partial charge is 0.414 e. The fourth-order valence-electron chi connectivity index (χ4n) is 3.17. The maximum atomic E-state index is 12.5. The van der Waals surface area contributed by atoms with Gasteiger partial charge in [-0.3, -0.25) is 9.69 Å². The molecule has 0 aliphatic carbocycles. The Morgan fingerprint density at radius 1 is 1.10 bits per heavy atom. The number of anilines is 1. The summed E-state index contributed by atoms with van der Waals surface area (Å²) in [6.45, 7) is 4.56. The fourth-order valence-corrected chi connectivity index (χ4v) is 4.67. The zero-order valence-electron chi connectivity index (χ0n) is 16.9. The minimum Gasteiger partial charge on any atom is -0.447 e. The van der Waals surface area contributed by atoms with Crippen LogP contribution in [0.25, 0.3) is 0 Å². The summed E-state index contributed by atoms with van der Waals surface area (Å²) in [7, 11) is -3.47. The molecule has 0 radical (unpaired) electrons. The molecule has 1 heterocycles. The van der Waals surface area contributed by atoms with Crippen LogP contribution in [0.2, 0.25) is 0 Å². The van der Waals surface area contributed by atoms with Gasteiger partial charge in [-0.25, -0.2) is 17.9 Å². The van der Waals surface area contributed by atoms with E-state index in [4.69, 9.17) is 4.74 Å². The molecule has 0 aromatic heterocycles. The lowest BCUT2D eigenvalue weighted by atomic mass is 10.1. The molecule has 160 valence electrons. The van der Waals surface area contributed by atoms with E-state index in [1.165, 1.54) is 4.90 Å². The molecule has 8 nitrogen and oxygen atoms in total. The molecule has 0 unspecified atom stereocenters. The van der Waals surface area contributed by atoms with Crippen molar-refractivity contribution in [3.05, 3.63) is 65.2 Å². The highest BCUT2D eigenvalue weighted by Crippen LogP contribution is 2.19. The molecule has 2 aromatic rings. The van der Waals surface area contributed by atoms with E-state index in [0.717, 1.165) is 5.56 Å². The van der Waals surface area contributed by atoms with Gasteiger partial charge in [0.25, 0.3) is 5.91 Å². The number of carbonyl (C=O) groups is 2. The molecule has 2 aromatic carbocycles. The number of rotatable bonds is 8. The third-order valence-corrected chi connectivity index (χ3v) is 6.04. The lowest BCUT2D eigenvalue weighted by Gasteiger charge is -2.14. The molecule has 0 bridgehead atoms. The molecular formula is C21H25N3O5S. The third-order valence-electron chi connectivity index (χ3n) is 4.52. The molecule has 1 aliphatic rings. The van der Waals surface area contributed by atoms with E-state index in [1.807, 2.05) is 0 Å². The second-order valence-electron chi connectivity index (χ2n) is 7.30. The van der Waals surface area contributed by atoms with E-state index < -0.39 is 16.1 Å². The molecule has 0 spiro atoms. The van der Waals surface area contributed by atoms with Crippen LogP contribution in [0, 0.1) is 0 Å². The standard InChI is InChI=1S/C21H25N3O5S/c1-15(2)23-30(27,28)14-18-6-4-3-5-17(18)13-22-20(25)16-7-9-19(10-8-16)24-11-12-29-21(24)26/h3-10,15,23H,11-14H2,1-2H3,(H,22,25). The van der Waals surface area contributed by atoms with E-state index in [0.29, 0.717) is 30.0 Å². The van der Waals surface area contributed by atoms with E-state index in [9.17, 15) is 18.0 Å². The fraction of sp³-hybridized carbons (Fsp3) is 0.333. The number of carbonyl (C=O) groups excluding carboxylic acids is 2. The van der Waals surface area contributed by atoms with Gasteiger partial charge in [-0.2, -0.15) is 0 Å². The number of benzene rings is 2. The average molecular weight is 432 g/mol. The summed E-state index contributed by atoms with van der Waals surface area (Å²) in [4.78, 5) is 25.6. The van der Waals surface area contributed by atoms with Gasteiger partial charge in [-0.05, 0) is 49.2 Å². The van der Waals surface area contributed by atoms with Crippen molar-refractivity contribution in [2.45, 2.75) is 32.2 Å². The minimum atomic E-state index is -3.47. The monoisotopic (exact) mass is 431 g/mol. The first-order chi connectivity index (χ1) is 14.2. The van der Waals surface area contributed by atoms with Gasteiger partial charge in [0.2, 0.25) is 10.0 Å². The van der Waals surface area contributed by atoms with Gasteiger partial charge in [0, 0.05) is 23.8 Å². The summed E-state index contributed by atoms with van der Waals surface area (Å²) >= 11 is 0. The van der Waals surface area contributed by atoms with Crippen molar-refractivity contribution in [1.82, 2.24) is 10.0 Å². The highest BCUT2D eigenvalue weighted by atomic mass is 32.2. The van der Waals surface area contributed by atoms with E-state index in [-0.39, 0.29) is 24.2 Å². The van der Waals surface area contributed by atoms with Crippen molar-refractivity contribution < 1.29 is 22.7 Å². The Kier molecular flexibility index (Phi) is 6.73. The van der Waals surface area contributed by atoms with Crippen molar-refractivity contribution in [2.75, 3.05) is 18.1 Å². The van der Waals surface area contributed by atoms with Crippen molar-refractivity contribution in [2.24, 2.45) is 0 Å². The first-order valence-corrected chi connectivity index (χ1v) is 11.3. The first kappa shape index (κ1) is 21.8. The van der Waals surface area contributed by atoms with Crippen LogP contribution in [0.4, 0.5) is 10.5 Å². The third kappa shape index (κ3) is 5.58. The number of nitrogens with one attached hydrogen (secondary N) is 2. The van der Waals surface area contributed by atoms with Crippen LogP contribution in [-0.4, -0.2) is 39.6 Å². The molecule has 2 amide bonds. The van der Waals surface area contributed by atoms with Crippen LogP contribution in [-0.2, 0) is 27.1 Å².